The maximum absolute atomic E-state index is 11.6. The normalized spacial score (nSPS) is 11.5. The Hall–Kier alpha value is -2.18. The van der Waals surface area contributed by atoms with Gasteiger partial charge in [-0.2, -0.15) is 0 Å². The van der Waals surface area contributed by atoms with Crippen molar-refractivity contribution in [2.45, 2.75) is 6.92 Å². The second-order valence-corrected chi connectivity index (χ2v) is 3.47. The van der Waals surface area contributed by atoms with Crippen molar-refractivity contribution in [3.05, 3.63) is 18.1 Å². The Morgan fingerprint density at radius 2 is 2.06 bits per heavy atom. The molecule has 0 aromatic carbocycles. The molecule has 0 aliphatic carbocycles. The number of esters is 2. The molecule has 1 aromatic heterocycles. The summed E-state index contributed by atoms with van der Waals surface area (Å²) in [5.41, 5.74) is 0.0198. The maximum atomic E-state index is 11.6. The Kier molecular flexibility index (Phi) is 5.04. The quantitative estimate of drug-likeness (QED) is 0.705. The van der Waals surface area contributed by atoms with Gasteiger partial charge in [-0.15, -0.1) is 0 Å². The van der Waals surface area contributed by atoms with E-state index >= 15 is 0 Å². The molecule has 1 rings (SSSR count). The molecule has 1 aromatic rings. The van der Waals surface area contributed by atoms with Gasteiger partial charge >= 0.3 is 11.9 Å². The Morgan fingerprint density at radius 3 is 2.67 bits per heavy atom. The highest BCUT2D eigenvalue weighted by Crippen LogP contribution is 2.06. The summed E-state index contributed by atoms with van der Waals surface area (Å²) in [6.45, 7) is 1.51. The van der Waals surface area contributed by atoms with Gasteiger partial charge in [-0.05, 0) is 6.92 Å². The first-order valence-corrected chi connectivity index (χ1v) is 5.19. The number of ether oxygens (including phenoxy) is 3. The lowest BCUT2D eigenvalue weighted by Crippen LogP contribution is -2.21. The van der Waals surface area contributed by atoms with Gasteiger partial charge in [0.25, 0.3) is 0 Å². The van der Waals surface area contributed by atoms with Gasteiger partial charge in [0.15, 0.2) is 5.69 Å². The molecule has 0 N–H and O–H groups in total. The summed E-state index contributed by atoms with van der Waals surface area (Å²) in [5.74, 6) is -1.43. The lowest BCUT2D eigenvalue weighted by molar-refractivity contribution is -0.146. The molecular weight excluding hydrogens is 240 g/mol. The van der Waals surface area contributed by atoms with Gasteiger partial charge in [-0.25, -0.2) is 9.78 Å². The summed E-state index contributed by atoms with van der Waals surface area (Å²) in [6, 6.07) is 0. The molecule has 18 heavy (non-hydrogen) atoms. The molecule has 0 radical (unpaired) electrons. The van der Waals surface area contributed by atoms with Crippen LogP contribution in [0.5, 0.6) is 5.88 Å². The zero-order valence-corrected chi connectivity index (χ0v) is 10.4. The zero-order chi connectivity index (χ0) is 13.5. The summed E-state index contributed by atoms with van der Waals surface area (Å²) < 4.78 is 14.3. The molecule has 0 spiro atoms. The highest BCUT2D eigenvalue weighted by Gasteiger charge is 2.17. The number of hydrogen-bond acceptors (Lipinski definition) is 7. The molecule has 0 aliphatic heterocycles. The van der Waals surface area contributed by atoms with E-state index in [1.165, 1.54) is 26.6 Å². The van der Waals surface area contributed by atoms with Gasteiger partial charge in [-0.1, -0.05) is 0 Å². The highest BCUT2D eigenvalue weighted by atomic mass is 16.5. The SMILES string of the molecule is COC(=O)C(C)COC(=O)c1cncc(OC)n1. The van der Waals surface area contributed by atoms with Crippen molar-refractivity contribution in [1.29, 1.82) is 0 Å². The Labute approximate surface area is 104 Å². The predicted octanol–water partition coefficient (Wildman–Crippen LogP) is 0.451. The van der Waals surface area contributed by atoms with E-state index < -0.39 is 17.9 Å². The summed E-state index contributed by atoms with van der Waals surface area (Å²) in [5, 5.41) is 0. The summed E-state index contributed by atoms with van der Waals surface area (Å²) in [6.07, 6.45) is 2.63. The molecule has 1 heterocycles. The van der Waals surface area contributed by atoms with E-state index in [-0.39, 0.29) is 18.2 Å². The first-order chi connectivity index (χ1) is 8.58. The molecule has 7 heteroatoms. The van der Waals surface area contributed by atoms with Crippen LogP contribution in [0.15, 0.2) is 12.4 Å². The van der Waals surface area contributed by atoms with E-state index in [1.807, 2.05) is 0 Å². The van der Waals surface area contributed by atoms with Gasteiger partial charge in [0.1, 0.15) is 6.61 Å². The van der Waals surface area contributed by atoms with Crippen LogP contribution in [0.25, 0.3) is 0 Å². The number of nitrogens with zero attached hydrogens (tertiary/aromatic N) is 2. The van der Waals surface area contributed by atoms with E-state index in [9.17, 15) is 9.59 Å². The minimum atomic E-state index is -0.669. The van der Waals surface area contributed by atoms with Gasteiger partial charge < -0.3 is 14.2 Å². The molecule has 0 amide bonds. The molecule has 1 unspecified atom stereocenters. The smallest absolute Gasteiger partial charge is 0.358 e. The number of rotatable bonds is 5. The van der Waals surface area contributed by atoms with Crippen LogP contribution in [-0.4, -0.2) is 42.7 Å². The predicted molar refractivity (Wildman–Crippen MR) is 60.0 cm³/mol. The molecule has 0 saturated carbocycles. The fraction of sp³-hybridized carbons (Fsp3) is 0.455. The van der Waals surface area contributed by atoms with E-state index in [0.717, 1.165) is 0 Å². The fourth-order valence-corrected chi connectivity index (χ4v) is 1.09. The lowest BCUT2D eigenvalue weighted by atomic mass is 10.2. The van der Waals surface area contributed by atoms with Crippen LogP contribution in [0.2, 0.25) is 0 Å². The van der Waals surface area contributed by atoms with Gasteiger partial charge in [-0.3, -0.25) is 9.78 Å². The molecule has 0 saturated heterocycles. The third kappa shape index (κ3) is 3.69. The van der Waals surface area contributed by atoms with Crippen molar-refractivity contribution < 1.29 is 23.8 Å². The summed E-state index contributed by atoms with van der Waals surface area (Å²) in [4.78, 5) is 30.3. The van der Waals surface area contributed by atoms with E-state index in [1.54, 1.807) is 6.92 Å². The van der Waals surface area contributed by atoms with Crippen LogP contribution in [0.1, 0.15) is 17.4 Å². The van der Waals surface area contributed by atoms with Crippen LogP contribution >= 0.6 is 0 Å². The van der Waals surface area contributed by atoms with Crippen molar-refractivity contribution in [2.75, 3.05) is 20.8 Å². The zero-order valence-electron chi connectivity index (χ0n) is 10.4. The minimum absolute atomic E-state index is 0.0198. The molecule has 0 fully saturated rings. The monoisotopic (exact) mass is 254 g/mol. The number of carbonyl (C=O) groups excluding carboxylic acids is 2. The molecule has 7 nitrogen and oxygen atoms in total. The topological polar surface area (TPSA) is 87.6 Å². The second kappa shape index (κ2) is 6.53. The molecule has 0 bridgehead atoms. The van der Waals surface area contributed by atoms with E-state index in [4.69, 9.17) is 9.47 Å². The molecule has 1 atom stereocenters. The van der Waals surface area contributed by atoms with Gasteiger partial charge in [0, 0.05) is 0 Å². The average Bonchev–Trinajstić information content (AvgIpc) is 2.43. The molecule has 0 aliphatic rings. The lowest BCUT2D eigenvalue weighted by Gasteiger charge is -2.09. The maximum Gasteiger partial charge on any atom is 0.358 e. The number of hydrogen-bond donors (Lipinski definition) is 0. The number of methoxy groups -OCH3 is 2. The third-order valence-corrected chi connectivity index (χ3v) is 2.10. The fourth-order valence-electron chi connectivity index (χ4n) is 1.09. The largest absolute Gasteiger partial charge is 0.480 e. The van der Waals surface area contributed by atoms with Crippen molar-refractivity contribution in [2.24, 2.45) is 5.92 Å². The molecule has 98 valence electrons. The Morgan fingerprint density at radius 1 is 1.33 bits per heavy atom. The summed E-state index contributed by atoms with van der Waals surface area (Å²) in [7, 11) is 2.69. The minimum Gasteiger partial charge on any atom is -0.480 e. The van der Waals surface area contributed by atoms with Crippen molar-refractivity contribution in [1.82, 2.24) is 9.97 Å². The van der Waals surface area contributed by atoms with Crippen molar-refractivity contribution >= 4 is 11.9 Å². The van der Waals surface area contributed by atoms with E-state index in [0.29, 0.717) is 0 Å². The van der Waals surface area contributed by atoms with E-state index in [2.05, 4.69) is 14.7 Å². The van der Waals surface area contributed by atoms with Gasteiger partial charge in [0.05, 0.1) is 32.5 Å². The van der Waals surface area contributed by atoms with Crippen LogP contribution in [0, 0.1) is 5.92 Å². The van der Waals surface area contributed by atoms with Crippen LogP contribution < -0.4 is 4.74 Å². The Bertz CT molecular complexity index is 435. The van der Waals surface area contributed by atoms with Gasteiger partial charge in [0.2, 0.25) is 5.88 Å². The standard InChI is InChI=1S/C11H14N2O5/c1-7(10(14)17-3)6-18-11(15)8-4-12-5-9(13-8)16-2/h4-5,7H,6H2,1-3H3. The third-order valence-electron chi connectivity index (χ3n) is 2.10. The van der Waals surface area contributed by atoms with Crippen LogP contribution in [0.4, 0.5) is 0 Å². The number of aromatic nitrogens is 2. The van der Waals surface area contributed by atoms with Crippen molar-refractivity contribution in [3.8, 4) is 5.88 Å². The first-order valence-electron chi connectivity index (χ1n) is 5.19. The number of carbonyl (C=O) groups is 2. The summed E-state index contributed by atoms with van der Waals surface area (Å²) >= 11 is 0. The average molecular weight is 254 g/mol. The van der Waals surface area contributed by atoms with Crippen molar-refractivity contribution in [3.63, 3.8) is 0 Å². The first kappa shape index (κ1) is 13.9. The Balaban J connectivity index is 2.57. The van der Waals surface area contributed by atoms with Crippen LogP contribution in [-0.2, 0) is 14.3 Å². The highest BCUT2D eigenvalue weighted by molar-refractivity contribution is 5.87. The second-order valence-electron chi connectivity index (χ2n) is 3.47. The molecular formula is C11H14N2O5. The van der Waals surface area contributed by atoms with Crippen LogP contribution in [0.3, 0.4) is 0 Å².